The van der Waals surface area contributed by atoms with E-state index < -0.39 is 6.09 Å². The number of carboxylic acid groups (broad SMARTS) is 1. The SMILES string of the molecule is CC(Nc1nc(Nc2cnccn2)cc(N2CC(CNC(=O)O)C2)n1)c1ccc(F)cc1. The van der Waals surface area contributed by atoms with Crippen LogP contribution in [0.5, 0.6) is 0 Å². The molecular formula is C21H23FN8O2. The summed E-state index contributed by atoms with van der Waals surface area (Å²) in [5.74, 6) is 2.11. The Hall–Kier alpha value is -4.02. The average molecular weight is 438 g/mol. The number of carbonyl (C=O) groups is 1. The van der Waals surface area contributed by atoms with E-state index in [-0.39, 0.29) is 17.8 Å². The Morgan fingerprint density at radius 3 is 2.69 bits per heavy atom. The molecule has 3 heterocycles. The minimum Gasteiger partial charge on any atom is -0.465 e. The van der Waals surface area contributed by atoms with Gasteiger partial charge in [-0.2, -0.15) is 9.97 Å². The highest BCUT2D eigenvalue weighted by molar-refractivity contribution is 5.64. The smallest absolute Gasteiger partial charge is 0.404 e. The fourth-order valence-electron chi connectivity index (χ4n) is 3.37. The van der Waals surface area contributed by atoms with Gasteiger partial charge in [0, 0.05) is 44.0 Å². The molecule has 1 aliphatic rings. The van der Waals surface area contributed by atoms with E-state index in [1.165, 1.54) is 12.1 Å². The van der Waals surface area contributed by atoms with Gasteiger partial charge in [0.15, 0.2) is 0 Å². The molecular weight excluding hydrogens is 415 g/mol. The van der Waals surface area contributed by atoms with Crippen molar-refractivity contribution in [1.82, 2.24) is 25.3 Å². The van der Waals surface area contributed by atoms with Crippen LogP contribution in [0, 0.1) is 11.7 Å². The average Bonchev–Trinajstić information content (AvgIpc) is 2.73. The summed E-state index contributed by atoms with van der Waals surface area (Å²) in [6, 6.07) is 7.91. The van der Waals surface area contributed by atoms with E-state index in [9.17, 15) is 9.18 Å². The van der Waals surface area contributed by atoms with Crippen LogP contribution in [-0.4, -0.2) is 50.8 Å². The molecule has 1 fully saturated rings. The second-order valence-electron chi connectivity index (χ2n) is 7.53. The summed E-state index contributed by atoms with van der Waals surface area (Å²) in [6.45, 7) is 3.69. The maximum absolute atomic E-state index is 13.2. The molecule has 1 saturated heterocycles. The summed E-state index contributed by atoms with van der Waals surface area (Å²) in [7, 11) is 0. The van der Waals surface area contributed by atoms with E-state index in [0.29, 0.717) is 43.0 Å². The molecule has 0 radical (unpaired) electrons. The number of hydrogen-bond acceptors (Lipinski definition) is 8. The molecule has 0 bridgehead atoms. The fraction of sp³-hybridized carbons (Fsp3) is 0.286. The van der Waals surface area contributed by atoms with Crippen LogP contribution in [0.25, 0.3) is 0 Å². The van der Waals surface area contributed by atoms with Crippen molar-refractivity contribution in [3.05, 3.63) is 60.3 Å². The molecule has 2 aromatic heterocycles. The van der Waals surface area contributed by atoms with Crippen LogP contribution in [0.3, 0.4) is 0 Å². The van der Waals surface area contributed by atoms with Crippen molar-refractivity contribution in [2.75, 3.05) is 35.2 Å². The van der Waals surface area contributed by atoms with Crippen molar-refractivity contribution in [1.29, 1.82) is 0 Å². The Labute approximate surface area is 184 Å². The van der Waals surface area contributed by atoms with Crippen LogP contribution in [0.4, 0.5) is 32.6 Å². The molecule has 4 rings (SSSR count). The molecule has 1 unspecified atom stereocenters. The number of hydrogen-bond donors (Lipinski definition) is 4. The van der Waals surface area contributed by atoms with Gasteiger partial charge < -0.3 is 26.0 Å². The highest BCUT2D eigenvalue weighted by atomic mass is 19.1. The molecule has 0 spiro atoms. The predicted molar refractivity (Wildman–Crippen MR) is 118 cm³/mol. The minimum atomic E-state index is -1.03. The Morgan fingerprint density at radius 2 is 2.00 bits per heavy atom. The third kappa shape index (κ3) is 5.36. The van der Waals surface area contributed by atoms with Crippen molar-refractivity contribution in [2.45, 2.75) is 13.0 Å². The Bertz CT molecular complexity index is 1060. The lowest BCUT2D eigenvalue weighted by atomic mass is 10.0. The van der Waals surface area contributed by atoms with E-state index >= 15 is 0 Å². The fourth-order valence-corrected chi connectivity index (χ4v) is 3.37. The van der Waals surface area contributed by atoms with Gasteiger partial charge in [-0.3, -0.25) is 4.98 Å². The lowest BCUT2D eigenvalue weighted by Crippen LogP contribution is -2.51. The topological polar surface area (TPSA) is 128 Å². The van der Waals surface area contributed by atoms with Gasteiger partial charge in [0.05, 0.1) is 12.2 Å². The van der Waals surface area contributed by atoms with Gasteiger partial charge in [-0.05, 0) is 24.6 Å². The highest BCUT2D eigenvalue weighted by Crippen LogP contribution is 2.28. The van der Waals surface area contributed by atoms with E-state index in [1.807, 2.05) is 17.9 Å². The summed E-state index contributed by atoms with van der Waals surface area (Å²) in [6.07, 6.45) is 3.73. The highest BCUT2D eigenvalue weighted by Gasteiger charge is 2.29. The van der Waals surface area contributed by atoms with E-state index in [0.717, 1.165) is 5.56 Å². The summed E-state index contributed by atoms with van der Waals surface area (Å²) in [4.78, 5) is 30.2. The maximum atomic E-state index is 13.2. The van der Waals surface area contributed by atoms with Gasteiger partial charge in [-0.25, -0.2) is 14.2 Å². The lowest BCUT2D eigenvalue weighted by molar-refractivity contribution is 0.191. The Balaban J connectivity index is 1.52. The largest absolute Gasteiger partial charge is 0.465 e. The zero-order chi connectivity index (χ0) is 22.5. The van der Waals surface area contributed by atoms with Gasteiger partial charge in [-0.15, -0.1) is 0 Å². The number of anilines is 4. The van der Waals surface area contributed by atoms with Crippen LogP contribution in [0.2, 0.25) is 0 Å². The number of amides is 1. The standard InChI is InChI=1S/C21H23FN8O2/c1-13(15-2-4-16(22)5-3-15)26-20-28-17(27-18-10-23-6-7-24-18)8-19(29-20)30-11-14(12-30)9-25-21(31)32/h2-8,10,13-14,25H,9,11-12H2,1H3,(H,31,32)(H2,24,26,27,28,29). The molecule has 1 aromatic carbocycles. The normalized spacial score (nSPS) is 14.4. The Kier molecular flexibility index (Phi) is 6.24. The Morgan fingerprint density at radius 1 is 1.22 bits per heavy atom. The minimum absolute atomic E-state index is 0.154. The monoisotopic (exact) mass is 438 g/mol. The summed E-state index contributed by atoms with van der Waals surface area (Å²) in [5, 5.41) is 17.6. The zero-order valence-corrected chi connectivity index (χ0v) is 17.4. The predicted octanol–water partition coefficient (Wildman–Crippen LogP) is 3.03. The third-order valence-electron chi connectivity index (χ3n) is 5.07. The quantitative estimate of drug-likeness (QED) is 0.419. The van der Waals surface area contributed by atoms with Crippen molar-refractivity contribution in [2.24, 2.45) is 5.92 Å². The zero-order valence-electron chi connectivity index (χ0n) is 17.4. The number of rotatable bonds is 8. The summed E-state index contributed by atoms with van der Waals surface area (Å²) >= 11 is 0. The number of halogens is 1. The van der Waals surface area contributed by atoms with Crippen molar-refractivity contribution in [3.8, 4) is 0 Å². The molecule has 0 aliphatic carbocycles. The van der Waals surface area contributed by atoms with Crippen LogP contribution >= 0.6 is 0 Å². The molecule has 0 saturated carbocycles. The van der Waals surface area contributed by atoms with Crippen LogP contribution in [0.15, 0.2) is 48.9 Å². The first-order valence-electron chi connectivity index (χ1n) is 10.1. The molecule has 166 valence electrons. The summed E-state index contributed by atoms with van der Waals surface area (Å²) < 4.78 is 13.2. The van der Waals surface area contributed by atoms with Crippen LogP contribution in [0.1, 0.15) is 18.5 Å². The van der Waals surface area contributed by atoms with Gasteiger partial charge in [0.25, 0.3) is 0 Å². The molecule has 1 atom stereocenters. The lowest BCUT2D eigenvalue weighted by Gasteiger charge is -2.40. The second kappa shape index (κ2) is 9.41. The van der Waals surface area contributed by atoms with E-state index in [1.54, 1.807) is 30.7 Å². The number of nitrogens with one attached hydrogen (secondary N) is 3. The van der Waals surface area contributed by atoms with Gasteiger partial charge in [0.1, 0.15) is 23.3 Å². The first kappa shape index (κ1) is 21.2. The summed E-state index contributed by atoms with van der Waals surface area (Å²) in [5.41, 5.74) is 0.896. The second-order valence-corrected chi connectivity index (χ2v) is 7.53. The van der Waals surface area contributed by atoms with Crippen LogP contribution < -0.4 is 20.9 Å². The molecule has 1 amide bonds. The molecule has 32 heavy (non-hydrogen) atoms. The molecule has 10 nitrogen and oxygen atoms in total. The van der Waals surface area contributed by atoms with Crippen molar-refractivity contribution in [3.63, 3.8) is 0 Å². The molecule has 3 aromatic rings. The molecule has 1 aliphatic heterocycles. The van der Waals surface area contributed by atoms with Crippen LogP contribution in [-0.2, 0) is 0 Å². The van der Waals surface area contributed by atoms with E-state index in [2.05, 4.69) is 35.9 Å². The number of aromatic nitrogens is 4. The van der Waals surface area contributed by atoms with Gasteiger partial charge in [-0.1, -0.05) is 12.1 Å². The van der Waals surface area contributed by atoms with Gasteiger partial charge >= 0.3 is 6.09 Å². The number of nitrogens with zero attached hydrogens (tertiary/aromatic N) is 5. The third-order valence-corrected chi connectivity index (χ3v) is 5.07. The first-order valence-corrected chi connectivity index (χ1v) is 10.1. The number of benzene rings is 1. The van der Waals surface area contributed by atoms with Gasteiger partial charge in [0.2, 0.25) is 5.95 Å². The van der Waals surface area contributed by atoms with Crippen molar-refractivity contribution >= 4 is 29.5 Å². The van der Waals surface area contributed by atoms with Crippen molar-refractivity contribution < 1.29 is 14.3 Å². The van der Waals surface area contributed by atoms with E-state index in [4.69, 9.17) is 5.11 Å². The first-order chi connectivity index (χ1) is 15.5. The maximum Gasteiger partial charge on any atom is 0.404 e. The molecule has 11 heteroatoms. The molecule has 4 N–H and O–H groups in total.